The van der Waals surface area contributed by atoms with Crippen LogP contribution in [-0.2, 0) is 9.53 Å². The number of hydrogen-bond acceptors (Lipinski definition) is 3. The molecule has 0 N–H and O–H groups in total. The van der Waals surface area contributed by atoms with Crippen molar-refractivity contribution in [3.8, 4) is 0 Å². The van der Waals surface area contributed by atoms with Crippen LogP contribution in [0, 0.1) is 3.57 Å². The summed E-state index contributed by atoms with van der Waals surface area (Å²) in [6, 6.07) is 21.8. The van der Waals surface area contributed by atoms with Gasteiger partial charge in [-0.05, 0) is 63.2 Å². The Kier molecular flexibility index (Phi) is 3.90. The molecular weight excluding hydrogens is 413 g/mol. The zero-order chi connectivity index (χ0) is 16.5. The summed E-state index contributed by atoms with van der Waals surface area (Å²) in [6.45, 7) is 0. The lowest BCUT2D eigenvalue weighted by Gasteiger charge is -2.02. The third kappa shape index (κ3) is 2.85. The summed E-state index contributed by atoms with van der Waals surface area (Å²) in [7, 11) is 0. The van der Waals surface area contributed by atoms with Crippen LogP contribution in [0.5, 0.6) is 0 Å². The van der Waals surface area contributed by atoms with E-state index in [1.165, 1.54) is 0 Å². The molecule has 0 amide bonds. The Morgan fingerprint density at radius 1 is 0.917 bits per heavy atom. The number of cyclic esters (lactones) is 1. The van der Waals surface area contributed by atoms with Gasteiger partial charge in [-0.25, -0.2) is 9.79 Å². The number of halogens is 1. The second-order valence-corrected chi connectivity index (χ2v) is 6.58. The summed E-state index contributed by atoms with van der Waals surface area (Å²) in [6.07, 6.45) is 1.76. The summed E-state index contributed by atoms with van der Waals surface area (Å²) in [4.78, 5) is 16.5. The lowest BCUT2D eigenvalue weighted by atomic mass is 10.1. The second-order valence-electron chi connectivity index (χ2n) is 5.42. The van der Waals surface area contributed by atoms with Crippen molar-refractivity contribution in [3.05, 3.63) is 87.1 Å². The lowest BCUT2D eigenvalue weighted by molar-refractivity contribution is -0.129. The van der Waals surface area contributed by atoms with Gasteiger partial charge in [-0.2, -0.15) is 0 Å². The molecule has 0 saturated heterocycles. The fraction of sp³-hybridized carbons (Fsp3) is 0. The van der Waals surface area contributed by atoms with Crippen LogP contribution in [0.2, 0.25) is 0 Å². The number of ether oxygens (including phenoxy) is 1. The molecule has 0 bridgehead atoms. The van der Waals surface area contributed by atoms with Crippen molar-refractivity contribution in [2.45, 2.75) is 0 Å². The third-order valence-electron chi connectivity index (χ3n) is 3.81. The van der Waals surface area contributed by atoms with E-state index >= 15 is 0 Å². The molecular formula is C20H12INO2. The van der Waals surface area contributed by atoms with E-state index < -0.39 is 5.97 Å². The standard InChI is InChI=1S/C20H12INO2/c21-17-8-4-3-7-15(17)12-18-20(23)24-19(22-18)16-10-9-13-5-1-2-6-14(13)11-16/h1-12H/b18-12-. The highest BCUT2D eigenvalue weighted by atomic mass is 127. The molecule has 4 rings (SSSR count). The zero-order valence-corrected chi connectivity index (χ0v) is 14.7. The number of carbonyl (C=O) groups excluding carboxylic acids is 1. The highest BCUT2D eigenvalue weighted by molar-refractivity contribution is 14.1. The van der Waals surface area contributed by atoms with Crippen molar-refractivity contribution in [2.75, 3.05) is 0 Å². The number of hydrogen-bond donors (Lipinski definition) is 0. The number of carbonyl (C=O) groups is 1. The first-order valence-electron chi connectivity index (χ1n) is 7.47. The number of aliphatic imine (C=N–C) groups is 1. The topological polar surface area (TPSA) is 38.7 Å². The molecule has 0 spiro atoms. The van der Waals surface area contributed by atoms with Crippen molar-refractivity contribution in [3.63, 3.8) is 0 Å². The van der Waals surface area contributed by atoms with E-state index in [0.717, 1.165) is 25.5 Å². The van der Waals surface area contributed by atoms with Gasteiger partial charge in [0.05, 0.1) is 0 Å². The minimum atomic E-state index is -0.419. The summed E-state index contributed by atoms with van der Waals surface area (Å²) < 4.78 is 6.42. The van der Waals surface area contributed by atoms with E-state index in [-0.39, 0.29) is 0 Å². The molecule has 0 radical (unpaired) electrons. The normalized spacial score (nSPS) is 15.6. The average molecular weight is 425 g/mol. The fourth-order valence-corrected chi connectivity index (χ4v) is 3.14. The van der Waals surface area contributed by atoms with Crippen molar-refractivity contribution in [1.29, 1.82) is 0 Å². The molecule has 3 aromatic carbocycles. The van der Waals surface area contributed by atoms with Crippen LogP contribution in [0.3, 0.4) is 0 Å². The third-order valence-corrected chi connectivity index (χ3v) is 4.80. The van der Waals surface area contributed by atoms with Gasteiger partial charge in [-0.1, -0.05) is 48.5 Å². The van der Waals surface area contributed by atoms with Gasteiger partial charge in [-0.15, -0.1) is 0 Å². The summed E-state index contributed by atoms with van der Waals surface area (Å²) in [5, 5.41) is 2.23. The maximum absolute atomic E-state index is 12.1. The van der Waals surface area contributed by atoms with Gasteiger partial charge in [0.2, 0.25) is 5.90 Å². The Morgan fingerprint density at radius 2 is 1.67 bits per heavy atom. The van der Waals surface area contributed by atoms with E-state index in [2.05, 4.69) is 27.6 Å². The molecule has 0 aromatic heterocycles. The lowest BCUT2D eigenvalue weighted by Crippen LogP contribution is -2.05. The quantitative estimate of drug-likeness (QED) is 0.337. The van der Waals surface area contributed by atoms with Gasteiger partial charge >= 0.3 is 5.97 Å². The SMILES string of the molecule is O=C1OC(c2ccc3ccccc3c2)=N/C1=C\c1ccccc1I. The number of esters is 1. The van der Waals surface area contributed by atoms with Crippen LogP contribution < -0.4 is 0 Å². The van der Waals surface area contributed by atoms with Crippen molar-refractivity contribution < 1.29 is 9.53 Å². The smallest absolute Gasteiger partial charge is 0.363 e. The van der Waals surface area contributed by atoms with Crippen LogP contribution in [0.4, 0.5) is 0 Å². The molecule has 3 aromatic rings. The van der Waals surface area contributed by atoms with Crippen LogP contribution in [0.15, 0.2) is 77.4 Å². The highest BCUT2D eigenvalue weighted by Crippen LogP contribution is 2.23. The Bertz CT molecular complexity index is 1020. The van der Waals surface area contributed by atoms with E-state index in [4.69, 9.17) is 4.74 Å². The Morgan fingerprint density at radius 3 is 2.50 bits per heavy atom. The summed E-state index contributed by atoms with van der Waals surface area (Å²) in [5.74, 6) is -0.0687. The summed E-state index contributed by atoms with van der Waals surface area (Å²) >= 11 is 2.24. The monoisotopic (exact) mass is 425 g/mol. The molecule has 24 heavy (non-hydrogen) atoms. The van der Waals surface area contributed by atoms with Gasteiger partial charge in [0.1, 0.15) is 0 Å². The first kappa shape index (κ1) is 15.1. The summed E-state index contributed by atoms with van der Waals surface area (Å²) in [5.41, 5.74) is 2.07. The predicted molar refractivity (Wildman–Crippen MR) is 104 cm³/mol. The maximum Gasteiger partial charge on any atom is 0.363 e. The van der Waals surface area contributed by atoms with E-state index in [9.17, 15) is 4.79 Å². The van der Waals surface area contributed by atoms with Gasteiger partial charge in [-0.3, -0.25) is 0 Å². The molecule has 0 unspecified atom stereocenters. The molecule has 116 valence electrons. The number of fused-ring (bicyclic) bond motifs is 1. The Hall–Kier alpha value is -2.47. The largest absolute Gasteiger partial charge is 0.402 e. The van der Waals surface area contributed by atoms with Crippen molar-refractivity contribution in [1.82, 2.24) is 0 Å². The minimum absolute atomic E-state index is 0.322. The molecule has 3 nitrogen and oxygen atoms in total. The first-order valence-corrected chi connectivity index (χ1v) is 8.55. The van der Waals surface area contributed by atoms with Gasteiger partial charge in [0.25, 0.3) is 0 Å². The van der Waals surface area contributed by atoms with Gasteiger partial charge in [0, 0.05) is 9.13 Å². The fourth-order valence-electron chi connectivity index (χ4n) is 2.59. The average Bonchev–Trinajstić information content (AvgIpc) is 2.97. The molecule has 4 heteroatoms. The first-order chi connectivity index (χ1) is 11.7. The maximum atomic E-state index is 12.1. The van der Waals surface area contributed by atoms with Gasteiger partial charge in [0.15, 0.2) is 5.70 Å². The molecule has 0 aliphatic carbocycles. The van der Waals surface area contributed by atoms with Crippen LogP contribution in [-0.4, -0.2) is 11.9 Å². The van der Waals surface area contributed by atoms with E-state index in [1.54, 1.807) is 6.08 Å². The van der Waals surface area contributed by atoms with Gasteiger partial charge < -0.3 is 4.74 Å². The number of benzene rings is 3. The van der Waals surface area contributed by atoms with Crippen molar-refractivity contribution >= 4 is 51.3 Å². The molecule has 0 atom stereocenters. The second kappa shape index (κ2) is 6.20. The van der Waals surface area contributed by atoms with Crippen LogP contribution in [0.25, 0.3) is 16.8 Å². The van der Waals surface area contributed by atoms with E-state index in [1.807, 2.05) is 66.7 Å². The molecule has 1 aliphatic rings. The van der Waals surface area contributed by atoms with E-state index in [0.29, 0.717) is 11.6 Å². The molecule has 1 aliphatic heterocycles. The Balaban J connectivity index is 1.74. The van der Waals surface area contributed by atoms with Crippen molar-refractivity contribution in [2.24, 2.45) is 4.99 Å². The minimum Gasteiger partial charge on any atom is -0.402 e. The Labute approximate surface area is 152 Å². The number of rotatable bonds is 2. The van der Waals surface area contributed by atoms with Crippen LogP contribution >= 0.6 is 22.6 Å². The molecule has 0 saturated carbocycles. The predicted octanol–water partition coefficient (Wildman–Crippen LogP) is 4.79. The molecule has 0 fully saturated rings. The zero-order valence-electron chi connectivity index (χ0n) is 12.6. The number of nitrogens with zero attached hydrogens (tertiary/aromatic N) is 1. The highest BCUT2D eigenvalue weighted by Gasteiger charge is 2.24. The molecule has 1 heterocycles. The van der Waals surface area contributed by atoms with Crippen LogP contribution in [0.1, 0.15) is 11.1 Å².